The van der Waals surface area contributed by atoms with Crippen molar-refractivity contribution in [2.24, 2.45) is 0 Å². The molecule has 0 fully saturated rings. The van der Waals surface area contributed by atoms with Crippen molar-refractivity contribution in [1.29, 1.82) is 0 Å². The van der Waals surface area contributed by atoms with Crippen LogP contribution in [0.2, 0.25) is 0 Å². The Bertz CT molecular complexity index is 648. The van der Waals surface area contributed by atoms with Gasteiger partial charge in [-0.1, -0.05) is 37.2 Å². The lowest BCUT2D eigenvalue weighted by atomic mass is 10.0. The molecule has 2 heterocycles. The van der Waals surface area contributed by atoms with Crippen molar-refractivity contribution in [2.45, 2.75) is 32.2 Å². The van der Waals surface area contributed by atoms with Gasteiger partial charge in [-0.3, -0.25) is 4.79 Å². The Morgan fingerprint density at radius 3 is 2.95 bits per heavy atom. The summed E-state index contributed by atoms with van der Waals surface area (Å²) in [5.41, 5.74) is 1.43. The maximum atomic E-state index is 12.2. The van der Waals surface area contributed by atoms with Crippen LogP contribution in [-0.4, -0.2) is 23.7 Å². The van der Waals surface area contributed by atoms with Crippen molar-refractivity contribution < 1.29 is 14.1 Å². The van der Waals surface area contributed by atoms with Gasteiger partial charge < -0.3 is 14.6 Å². The molecule has 1 aromatic carbocycles. The fraction of sp³-hybridized carbons (Fsp3) is 0.375. The minimum absolute atomic E-state index is 0.0494. The lowest BCUT2D eigenvalue weighted by molar-refractivity contribution is 0.0906. The molecule has 1 aliphatic rings. The predicted molar refractivity (Wildman–Crippen MR) is 77.5 cm³/mol. The number of hydrogen-bond acceptors (Lipinski definition) is 4. The number of benzene rings is 1. The second-order valence-electron chi connectivity index (χ2n) is 5.56. The van der Waals surface area contributed by atoms with Gasteiger partial charge in [-0.05, 0) is 18.1 Å². The monoisotopic (exact) mass is 286 g/mol. The molecule has 5 nitrogen and oxygen atoms in total. The van der Waals surface area contributed by atoms with Crippen LogP contribution in [0.15, 0.2) is 34.9 Å². The van der Waals surface area contributed by atoms with Gasteiger partial charge in [-0.2, -0.15) is 0 Å². The largest absolute Gasteiger partial charge is 0.491 e. The molecule has 0 bridgehead atoms. The summed E-state index contributed by atoms with van der Waals surface area (Å²) in [4.78, 5) is 12.2. The first-order chi connectivity index (χ1) is 10.1. The van der Waals surface area contributed by atoms with E-state index in [0.717, 1.165) is 17.7 Å². The molecule has 5 heteroatoms. The van der Waals surface area contributed by atoms with E-state index < -0.39 is 0 Å². The lowest BCUT2D eigenvalue weighted by Crippen LogP contribution is -2.42. The van der Waals surface area contributed by atoms with Crippen molar-refractivity contribution in [3.8, 4) is 5.75 Å². The molecule has 0 saturated carbocycles. The topological polar surface area (TPSA) is 64.4 Å². The van der Waals surface area contributed by atoms with Gasteiger partial charge >= 0.3 is 0 Å². The SMILES string of the molecule is CC(C)c1cc(C(=O)NC2COc3ccccc3C2)no1. The third-order valence-electron chi connectivity index (χ3n) is 3.54. The van der Waals surface area contributed by atoms with E-state index in [1.807, 2.05) is 38.1 Å². The zero-order valence-electron chi connectivity index (χ0n) is 12.1. The summed E-state index contributed by atoms with van der Waals surface area (Å²) in [7, 11) is 0. The Morgan fingerprint density at radius 1 is 1.38 bits per heavy atom. The fourth-order valence-electron chi connectivity index (χ4n) is 2.35. The van der Waals surface area contributed by atoms with Crippen LogP contribution in [0.5, 0.6) is 5.75 Å². The van der Waals surface area contributed by atoms with Crippen LogP contribution in [0.25, 0.3) is 0 Å². The number of fused-ring (bicyclic) bond motifs is 1. The van der Waals surface area contributed by atoms with Gasteiger partial charge in [-0.25, -0.2) is 0 Å². The van der Waals surface area contributed by atoms with Crippen LogP contribution in [0.4, 0.5) is 0 Å². The highest BCUT2D eigenvalue weighted by Crippen LogP contribution is 2.24. The number of hydrogen-bond donors (Lipinski definition) is 1. The number of rotatable bonds is 3. The molecule has 2 aromatic rings. The Labute approximate surface area is 123 Å². The van der Waals surface area contributed by atoms with E-state index in [9.17, 15) is 4.79 Å². The van der Waals surface area contributed by atoms with Crippen molar-refractivity contribution in [2.75, 3.05) is 6.61 Å². The molecule has 1 atom stereocenters. The first kappa shape index (κ1) is 13.7. The quantitative estimate of drug-likeness (QED) is 0.941. The standard InChI is InChI=1S/C16H18N2O3/c1-10(2)15-8-13(18-21-15)16(19)17-12-7-11-5-3-4-6-14(11)20-9-12/h3-6,8,10,12H,7,9H2,1-2H3,(H,17,19). The zero-order valence-corrected chi connectivity index (χ0v) is 12.1. The smallest absolute Gasteiger partial charge is 0.273 e. The van der Waals surface area contributed by atoms with Crippen molar-refractivity contribution in [3.05, 3.63) is 47.3 Å². The number of aromatic nitrogens is 1. The Morgan fingerprint density at radius 2 is 2.19 bits per heavy atom. The van der Waals surface area contributed by atoms with Gasteiger partial charge in [-0.15, -0.1) is 0 Å². The van der Waals surface area contributed by atoms with Gasteiger partial charge in [0.15, 0.2) is 5.69 Å². The first-order valence-electron chi connectivity index (χ1n) is 7.11. The lowest BCUT2D eigenvalue weighted by Gasteiger charge is -2.25. The van der Waals surface area contributed by atoms with Crippen LogP contribution < -0.4 is 10.1 Å². The molecular weight excluding hydrogens is 268 g/mol. The molecule has 1 aliphatic heterocycles. The number of carbonyl (C=O) groups is 1. The van der Waals surface area contributed by atoms with Crippen LogP contribution in [0.1, 0.15) is 41.6 Å². The van der Waals surface area contributed by atoms with Crippen LogP contribution in [-0.2, 0) is 6.42 Å². The Balaban J connectivity index is 1.66. The minimum Gasteiger partial charge on any atom is -0.491 e. The second kappa shape index (κ2) is 5.60. The number of ether oxygens (including phenoxy) is 1. The van der Waals surface area contributed by atoms with Gasteiger partial charge in [0.05, 0.1) is 6.04 Å². The molecule has 0 aliphatic carbocycles. The summed E-state index contributed by atoms with van der Waals surface area (Å²) in [5, 5.41) is 6.76. The van der Waals surface area contributed by atoms with E-state index in [1.165, 1.54) is 0 Å². The van der Waals surface area contributed by atoms with Gasteiger partial charge in [0, 0.05) is 12.0 Å². The fourth-order valence-corrected chi connectivity index (χ4v) is 2.35. The van der Waals surface area contributed by atoms with Gasteiger partial charge in [0.2, 0.25) is 0 Å². The van der Waals surface area contributed by atoms with E-state index in [0.29, 0.717) is 18.1 Å². The first-order valence-corrected chi connectivity index (χ1v) is 7.11. The average molecular weight is 286 g/mol. The summed E-state index contributed by atoms with van der Waals surface area (Å²) in [6.07, 6.45) is 0.761. The number of para-hydroxylation sites is 1. The number of nitrogens with zero attached hydrogens (tertiary/aromatic N) is 1. The molecule has 1 aromatic heterocycles. The predicted octanol–water partition coefficient (Wildman–Crippen LogP) is 2.53. The highest BCUT2D eigenvalue weighted by Gasteiger charge is 2.23. The van der Waals surface area contributed by atoms with Crippen LogP contribution in [0.3, 0.4) is 0 Å². The van der Waals surface area contributed by atoms with E-state index in [4.69, 9.17) is 9.26 Å². The normalized spacial score (nSPS) is 17.2. The van der Waals surface area contributed by atoms with E-state index in [2.05, 4.69) is 10.5 Å². The third kappa shape index (κ3) is 2.91. The number of nitrogens with one attached hydrogen (secondary N) is 1. The molecule has 1 unspecified atom stereocenters. The summed E-state index contributed by atoms with van der Waals surface area (Å²) >= 11 is 0. The van der Waals surface area contributed by atoms with Crippen LogP contribution >= 0.6 is 0 Å². The van der Waals surface area contributed by atoms with E-state index >= 15 is 0 Å². The third-order valence-corrected chi connectivity index (χ3v) is 3.54. The van der Waals surface area contributed by atoms with Gasteiger partial charge in [0.1, 0.15) is 18.1 Å². The van der Waals surface area contributed by atoms with Crippen molar-refractivity contribution >= 4 is 5.91 Å². The Hall–Kier alpha value is -2.30. The zero-order chi connectivity index (χ0) is 14.8. The minimum atomic E-state index is -0.223. The molecule has 1 N–H and O–H groups in total. The molecule has 110 valence electrons. The number of amides is 1. The van der Waals surface area contributed by atoms with Gasteiger partial charge in [0.25, 0.3) is 5.91 Å². The molecule has 21 heavy (non-hydrogen) atoms. The van der Waals surface area contributed by atoms with E-state index in [1.54, 1.807) is 6.07 Å². The van der Waals surface area contributed by atoms with E-state index in [-0.39, 0.29) is 17.9 Å². The number of carbonyl (C=O) groups excluding carboxylic acids is 1. The highest BCUT2D eigenvalue weighted by atomic mass is 16.5. The maximum Gasteiger partial charge on any atom is 0.273 e. The highest BCUT2D eigenvalue weighted by molar-refractivity contribution is 5.92. The molecule has 3 rings (SSSR count). The molecule has 0 saturated heterocycles. The summed E-state index contributed by atoms with van der Waals surface area (Å²) < 4.78 is 10.8. The molecule has 1 amide bonds. The van der Waals surface area contributed by atoms with Crippen molar-refractivity contribution in [1.82, 2.24) is 10.5 Å². The van der Waals surface area contributed by atoms with Crippen molar-refractivity contribution in [3.63, 3.8) is 0 Å². The Kier molecular flexibility index (Phi) is 3.64. The second-order valence-corrected chi connectivity index (χ2v) is 5.56. The van der Waals surface area contributed by atoms with Crippen LogP contribution in [0, 0.1) is 0 Å². The maximum absolute atomic E-state index is 12.2. The summed E-state index contributed by atoms with van der Waals surface area (Å²) in [6.45, 7) is 4.46. The average Bonchev–Trinajstić information content (AvgIpc) is 2.97. The summed E-state index contributed by atoms with van der Waals surface area (Å²) in [6, 6.07) is 9.52. The molecule has 0 radical (unpaired) electrons. The molecule has 0 spiro atoms. The summed E-state index contributed by atoms with van der Waals surface area (Å²) in [5.74, 6) is 1.60. The molecular formula is C16H18N2O3.